The number of carbonyl (C=O) groups excluding carboxylic acids is 9. The molecule has 0 fully saturated rings. The monoisotopic (exact) mass is 1020 g/mol. The van der Waals surface area contributed by atoms with E-state index < -0.39 is 93.7 Å². The third-order valence-corrected chi connectivity index (χ3v) is 12.7. The van der Waals surface area contributed by atoms with E-state index in [2.05, 4.69) is 38.0 Å². The number of aromatic nitrogens is 1. The first kappa shape index (κ1) is 61.0. The van der Waals surface area contributed by atoms with E-state index in [4.69, 9.17) is 9.47 Å². The molecule has 4 N–H and O–H groups in total. The lowest BCUT2D eigenvalue weighted by Crippen LogP contribution is -2.63. The highest BCUT2D eigenvalue weighted by atomic mass is 16.6. The molecule has 2 heterocycles. The molecule has 0 radical (unpaired) electrons. The van der Waals surface area contributed by atoms with Crippen LogP contribution in [-0.4, -0.2) is 142 Å². The summed E-state index contributed by atoms with van der Waals surface area (Å²) in [6.45, 7) is 25.2. The molecule has 2 aliphatic rings. The van der Waals surface area contributed by atoms with Crippen LogP contribution in [0.25, 0.3) is 6.08 Å². The van der Waals surface area contributed by atoms with Crippen LogP contribution in [0.15, 0.2) is 36.1 Å². The fourth-order valence-electron chi connectivity index (χ4n) is 8.78. The number of aryl methyl sites for hydroxylation is 1. The van der Waals surface area contributed by atoms with Gasteiger partial charge in [-0.1, -0.05) is 66.7 Å². The zero-order chi connectivity index (χ0) is 55.6. The maximum Gasteiger partial charge on any atom is 0.410 e. The number of esters is 1. The van der Waals surface area contributed by atoms with E-state index in [0.29, 0.717) is 6.42 Å². The first-order valence-electron chi connectivity index (χ1n) is 25.2. The van der Waals surface area contributed by atoms with Gasteiger partial charge in [0.05, 0.1) is 6.04 Å². The molecule has 3 rings (SSSR count). The highest BCUT2D eigenvalue weighted by Gasteiger charge is 2.47. The molecule has 0 unspecified atom stereocenters. The first-order valence-corrected chi connectivity index (χ1v) is 25.2. The summed E-state index contributed by atoms with van der Waals surface area (Å²) in [4.78, 5) is 123. The summed E-state index contributed by atoms with van der Waals surface area (Å²) in [5, 5.41) is 11.2. The van der Waals surface area contributed by atoms with Gasteiger partial charge in [0, 0.05) is 88.6 Å². The van der Waals surface area contributed by atoms with Crippen molar-refractivity contribution in [2.75, 3.05) is 33.7 Å². The Hall–Kier alpha value is -6.27. The predicted molar refractivity (Wildman–Crippen MR) is 278 cm³/mol. The van der Waals surface area contributed by atoms with Crippen LogP contribution in [0.5, 0.6) is 0 Å². The summed E-state index contributed by atoms with van der Waals surface area (Å²) in [6.07, 6.45) is 11.2. The zero-order valence-corrected chi connectivity index (χ0v) is 46.5. The number of hydrogen-bond donors (Lipinski definition) is 4. The van der Waals surface area contributed by atoms with Crippen LogP contribution >= 0.6 is 0 Å². The lowest BCUT2D eigenvalue weighted by atomic mass is 9.74. The van der Waals surface area contributed by atoms with E-state index in [9.17, 15) is 43.2 Å². The fraction of sp³-hybridized carbons (Fsp3) is 0.648. The lowest BCUT2D eigenvalue weighted by molar-refractivity contribution is -0.158. The van der Waals surface area contributed by atoms with Gasteiger partial charge in [0.2, 0.25) is 29.5 Å². The van der Waals surface area contributed by atoms with Gasteiger partial charge in [-0.2, -0.15) is 0 Å². The van der Waals surface area contributed by atoms with Crippen LogP contribution in [0, 0.1) is 11.3 Å². The van der Waals surface area contributed by atoms with E-state index >= 15 is 0 Å². The molecule has 406 valence electrons. The maximum atomic E-state index is 15.0. The SMILES string of the molecule is C/C(=C\[C@H](C(C)C)N(C)C(=O)[C@@H](NC(=O)[C@@H](N(C)C(=O)OC(C)(C)C)C(C)(C)c1cn(C)c2c1C=CCC2)C(C)(C)C)C(=O)N[C@H](CCC(=O)NCCCC(=O)NCCN1C(=O)C=CC1=O)C(=O)OC(C)(C)C. The number of imide groups is 1. The third kappa shape index (κ3) is 17.4. The smallest absolute Gasteiger partial charge is 0.410 e. The van der Waals surface area contributed by atoms with E-state index in [1.54, 1.807) is 61.6 Å². The van der Waals surface area contributed by atoms with Crippen LogP contribution in [0.2, 0.25) is 0 Å². The summed E-state index contributed by atoms with van der Waals surface area (Å²) in [5.41, 5.74) is -0.439. The second kappa shape index (κ2) is 25.1. The molecular formula is C54H84N8O11. The normalized spacial score (nSPS) is 15.8. The zero-order valence-electron chi connectivity index (χ0n) is 46.5. The van der Waals surface area contributed by atoms with Gasteiger partial charge in [-0.3, -0.25) is 43.4 Å². The number of amides is 8. The number of nitrogens with one attached hydrogen (secondary N) is 4. The van der Waals surface area contributed by atoms with Crippen molar-refractivity contribution in [1.82, 2.24) is 40.5 Å². The van der Waals surface area contributed by atoms with Crippen molar-refractivity contribution in [2.24, 2.45) is 18.4 Å². The fourth-order valence-corrected chi connectivity index (χ4v) is 8.78. The molecule has 73 heavy (non-hydrogen) atoms. The third-order valence-electron chi connectivity index (χ3n) is 12.7. The molecule has 1 aromatic rings. The number of allylic oxidation sites excluding steroid dienone is 1. The molecule has 0 saturated heterocycles. The van der Waals surface area contributed by atoms with E-state index in [0.717, 1.165) is 34.6 Å². The molecule has 0 aromatic carbocycles. The van der Waals surface area contributed by atoms with Gasteiger partial charge in [-0.15, -0.1) is 0 Å². The second-order valence-corrected chi connectivity index (χ2v) is 23.1. The van der Waals surface area contributed by atoms with E-state index in [-0.39, 0.29) is 56.3 Å². The van der Waals surface area contributed by atoms with Crippen molar-refractivity contribution >= 4 is 59.5 Å². The highest BCUT2D eigenvalue weighted by Crippen LogP contribution is 2.38. The number of hydrogen-bond acceptors (Lipinski definition) is 11. The van der Waals surface area contributed by atoms with Gasteiger partial charge in [0.1, 0.15) is 29.3 Å². The van der Waals surface area contributed by atoms with Crippen molar-refractivity contribution in [3.63, 3.8) is 0 Å². The van der Waals surface area contributed by atoms with Crippen molar-refractivity contribution in [1.29, 1.82) is 0 Å². The van der Waals surface area contributed by atoms with Crippen molar-refractivity contribution < 1.29 is 52.6 Å². The molecule has 4 atom stereocenters. The minimum atomic E-state index is -1.22. The average molecular weight is 1020 g/mol. The lowest BCUT2D eigenvalue weighted by Gasteiger charge is -2.42. The van der Waals surface area contributed by atoms with Gasteiger partial charge < -0.3 is 40.2 Å². The summed E-state index contributed by atoms with van der Waals surface area (Å²) in [5.74, 6) is -4.23. The maximum absolute atomic E-state index is 15.0. The summed E-state index contributed by atoms with van der Waals surface area (Å²) in [6, 6.07) is -4.14. The molecule has 19 heteroatoms. The summed E-state index contributed by atoms with van der Waals surface area (Å²) in [7, 11) is 5.10. The van der Waals surface area contributed by atoms with Crippen molar-refractivity contribution in [3.05, 3.63) is 52.9 Å². The molecule has 8 amide bonds. The Bertz CT molecular complexity index is 2300. The summed E-state index contributed by atoms with van der Waals surface area (Å²) < 4.78 is 13.5. The van der Waals surface area contributed by atoms with Crippen LogP contribution in [0.1, 0.15) is 146 Å². The minimum absolute atomic E-state index is 0.0415. The molecule has 1 aliphatic heterocycles. The van der Waals surface area contributed by atoms with Gasteiger partial charge in [-0.05, 0) is 96.6 Å². The quantitative estimate of drug-likeness (QED) is 0.0522. The molecule has 0 bridgehead atoms. The van der Waals surface area contributed by atoms with Gasteiger partial charge in [-0.25, -0.2) is 9.59 Å². The predicted octanol–water partition coefficient (Wildman–Crippen LogP) is 5.00. The number of rotatable bonds is 22. The van der Waals surface area contributed by atoms with E-state index in [1.165, 1.54) is 29.0 Å². The van der Waals surface area contributed by atoms with Gasteiger partial charge >= 0.3 is 12.1 Å². The van der Waals surface area contributed by atoms with Gasteiger partial charge in [0.25, 0.3) is 11.8 Å². The molecule has 19 nitrogen and oxygen atoms in total. The van der Waals surface area contributed by atoms with Crippen LogP contribution < -0.4 is 21.3 Å². The highest BCUT2D eigenvalue weighted by molar-refractivity contribution is 6.12. The molecule has 0 spiro atoms. The summed E-state index contributed by atoms with van der Waals surface area (Å²) >= 11 is 0. The Morgan fingerprint density at radius 1 is 0.781 bits per heavy atom. The van der Waals surface area contributed by atoms with Crippen LogP contribution in [-0.2, 0) is 66.7 Å². The number of nitrogens with zero attached hydrogens (tertiary/aromatic N) is 4. The van der Waals surface area contributed by atoms with Crippen molar-refractivity contribution in [2.45, 2.75) is 176 Å². The Morgan fingerprint density at radius 2 is 1.36 bits per heavy atom. The average Bonchev–Trinajstić information content (AvgIpc) is 3.79. The Labute approximate surface area is 432 Å². The minimum Gasteiger partial charge on any atom is -0.458 e. The first-order chi connectivity index (χ1) is 33.6. The van der Waals surface area contributed by atoms with Gasteiger partial charge in [0.15, 0.2) is 0 Å². The van der Waals surface area contributed by atoms with Crippen molar-refractivity contribution in [3.8, 4) is 0 Å². The Balaban J connectivity index is 1.80. The largest absolute Gasteiger partial charge is 0.458 e. The second-order valence-electron chi connectivity index (χ2n) is 23.1. The van der Waals surface area contributed by atoms with E-state index in [1.807, 2.05) is 61.7 Å². The van der Waals surface area contributed by atoms with Crippen LogP contribution in [0.4, 0.5) is 4.79 Å². The molecule has 0 saturated carbocycles. The van der Waals surface area contributed by atoms with Crippen LogP contribution in [0.3, 0.4) is 0 Å². The molecule has 1 aromatic heterocycles. The molecule has 1 aliphatic carbocycles. The number of ether oxygens (including phenoxy) is 2. The standard InChI is InChI=1S/C54H84N8O11/c1-33(2)39(31-34(3)46(67)57-37(49(70)72-52(7,8)9)24-25-41(64)55-28-20-23-40(63)56-29-30-62-42(65)26-27-43(62)66)60(16)48(69)44(51(4,5)6)58-47(68)45(61(17)50(71)73-53(10,11)12)54(13,14)36-32-59(15)38-22-19-18-21-35(36)38/h18,21,26-27,31-33,37,39,44-45H,19-20,22-25,28-30H2,1-17H3,(H,55,64)(H,56,63)(H,57,67)(H,58,68)/b34-31+/t37-,39-,44-,45-/m1/s1. The Morgan fingerprint density at radius 3 is 1.92 bits per heavy atom. The Kier molecular flexibility index (Phi) is 21.0. The topological polar surface area (TPSA) is 235 Å². The number of likely N-dealkylation sites (N-methyl/N-ethyl adjacent to an activating group) is 2. The molecular weight excluding hydrogens is 937 g/mol. The number of fused-ring (bicyclic) bond motifs is 1. The number of carbonyl (C=O) groups is 9.